The van der Waals surface area contributed by atoms with Gasteiger partial charge in [-0.15, -0.1) is 24.0 Å². The first-order chi connectivity index (χ1) is 12.6. The maximum absolute atomic E-state index is 12.1. The topological polar surface area (TPSA) is 83.3 Å². The van der Waals surface area contributed by atoms with Crippen molar-refractivity contribution in [1.82, 2.24) is 20.4 Å². The summed E-state index contributed by atoms with van der Waals surface area (Å²) in [6.07, 6.45) is 4.62. The van der Waals surface area contributed by atoms with Crippen molar-refractivity contribution in [3.8, 4) is 0 Å². The van der Waals surface area contributed by atoms with E-state index in [-0.39, 0.29) is 36.4 Å². The molecule has 1 aliphatic rings. The van der Waals surface area contributed by atoms with Gasteiger partial charge in [0.1, 0.15) is 6.54 Å². The maximum atomic E-state index is 12.1. The second-order valence-corrected chi connectivity index (χ2v) is 6.61. The van der Waals surface area contributed by atoms with E-state index in [1.807, 2.05) is 24.3 Å². The van der Waals surface area contributed by atoms with E-state index in [1.165, 1.54) is 6.42 Å². The second kappa shape index (κ2) is 10.3. The molecule has 1 heterocycles. The van der Waals surface area contributed by atoms with Crippen LogP contribution in [0.25, 0.3) is 0 Å². The molecular weight excluding hydrogens is 455 g/mol. The van der Waals surface area contributed by atoms with Gasteiger partial charge < -0.3 is 16.0 Å². The van der Waals surface area contributed by atoms with Crippen molar-refractivity contribution in [3.05, 3.63) is 48.3 Å². The van der Waals surface area contributed by atoms with E-state index >= 15 is 0 Å². The first-order valence-electron chi connectivity index (χ1n) is 9.05. The highest BCUT2D eigenvalue weighted by Crippen LogP contribution is 2.28. The van der Waals surface area contributed by atoms with Gasteiger partial charge >= 0.3 is 0 Å². The highest BCUT2D eigenvalue weighted by atomic mass is 127. The number of nitrogens with one attached hydrogen (secondary N) is 3. The summed E-state index contributed by atoms with van der Waals surface area (Å²) in [6.45, 7) is 5.87. The fourth-order valence-corrected chi connectivity index (χ4v) is 2.68. The van der Waals surface area contributed by atoms with Crippen LogP contribution in [-0.2, 0) is 17.9 Å². The Bertz CT molecular complexity index is 761. The summed E-state index contributed by atoms with van der Waals surface area (Å²) in [5.41, 5.74) is 1.81. The van der Waals surface area contributed by atoms with Crippen LogP contribution in [0.15, 0.2) is 47.7 Å². The van der Waals surface area contributed by atoms with Crippen LogP contribution in [0.3, 0.4) is 0 Å². The van der Waals surface area contributed by atoms with Gasteiger partial charge in [-0.3, -0.25) is 9.48 Å². The van der Waals surface area contributed by atoms with Crippen LogP contribution >= 0.6 is 24.0 Å². The smallest absolute Gasteiger partial charge is 0.246 e. The molecule has 0 aliphatic heterocycles. The zero-order valence-electron chi connectivity index (χ0n) is 15.7. The van der Waals surface area contributed by atoms with E-state index in [2.05, 4.69) is 39.9 Å². The molecule has 0 radical (unpaired) electrons. The lowest BCUT2D eigenvalue weighted by molar-refractivity contribution is -0.116. The summed E-state index contributed by atoms with van der Waals surface area (Å²) >= 11 is 0. The number of hydrogen-bond acceptors (Lipinski definition) is 3. The number of rotatable bonds is 7. The number of guanidine groups is 1. The molecule has 0 saturated heterocycles. The first-order valence-corrected chi connectivity index (χ1v) is 9.05. The number of aromatic nitrogens is 2. The van der Waals surface area contributed by atoms with Gasteiger partial charge in [0.25, 0.3) is 0 Å². The fraction of sp³-hybridized carbons (Fsp3) is 0.421. The lowest BCUT2D eigenvalue weighted by Gasteiger charge is -2.11. The highest BCUT2D eigenvalue weighted by molar-refractivity contribution is 14.0. The number of nitrogens with zero attached hydrogens (tertiary/aromatic N) is 3. The first kappa shape index (κ1) is 21.2. The van der Waals surface area contributed by atoms with Crippen LogP contribution in [0.1, 0.15) is 25.8 Å². The zero-order valence-corrected chi connectivity index (χ0v) is 18.0. The third-order valence-corrected chi connectivity index (χ3v) is 4.27. The summed E-state index contributed by atoms with van der Waals surface area (Å²) in [6, 6.07) is 10.1. The zero-order chi connectivity index (χ0) is 18.4. The van der Waals surface area contributed by atoms with Crippen LogP contribution in [-0.4, -0.2) is 34.2 Å². The van der Waals surface area contributed by atoms with Crippen molar-refractivity contribution in [2.24, 2.45) is 10.9 Å². The Balaban J connectivity index is 0.00000261. The highest BCUT2D eigenvalue weighted by Gasteiger charge is 2.33. The molecule has 1 fully saturated rings. The molecule has 1 amide bonds. The predicted molar refractivity (Wildman–Crippen MR) is 118 cm³/mol. The summed E-state index contributed by atoms with van der Waals surface area (Å²) in [5, 5.41) is 13.7. The molecule has 3 N–H and O–H groups in total. The van der Waals surface area contributed by atoms with E-state index in [0.717, 1.165) is 23.8 Å². The molecule has 0 spiro atoms. The quantitative estimate of drug-likeness (QED) is 0.322. The number of hydrogen-bond donors (Lipinski definition) is 3. The lowest BCUT2D eigenvalue weighted by atomic mass is 10.2. The normalized spacial score (nSPS) is 18.4. The minimum absolute atomic E-state index is 0. The van der Waals surface area contributed by atoms with Crippen molar-refractivity contribution in [3.63, 3.8) is 0 Å². The number of carbonyl (C=O) groups excluding carboxylic acids is 1. The number of benzene rings is 1. The molecule has 1 aromatic carbocycles. The van der Waals surface area contributed by atoms with Gasteiger partial charge in [0.05, 0.1) is 6.54 Å². The van der Waals surface area contributed by atoms with E-state index in [4.69, 9.17) is 0 Å². The number of aliphatic imine (C=N–C) groups is 1. The molecule has 27 heavy (non-hydrogen) atoms. The number of carbonyl (C=O) groups is 1. The summed E-state index contributed by atoms with van der Waals surface area (Å²) < 4.78 is 1.59. The summed E-state index contributed by atoms with van der Waals surface area (Å²) in [7, 11) is 0. The molecule has 3 rings (SSSR count). The number of anilines is 1. The molecule has 2 unspecified atom stereocenters. The van der Waals surface area contributed by atoms with E-state index in [9.17, 15) is 4.79 Å². The number of amides is 1. The van der Waals surface area contributed by atoms with Crippen LogP contribution in [0.5, 0.6) is 0 Å². The van der Waals surface area contributed by atoms with Gasteiger partial charge in [0.15, 0.2) is 5.96 Å². The molecular formula is C19H27IN6O. The third kappa shape index (κ3) is 6.85. The van der Waals surface area contributed by atoms with Crippen molar-refractivity contribution < 1.29 is 4.79 Å². The molecule has 0 bridgehead atoms. The second-order valence-electron chi connectivity index (χ2n) is 6.61. The Morgan fingerprint density at radius 2 is 2.19 bits per heavy atom. The van der Waals surface area contributed by atoms with Crippen molar-refractivity contribution in [2.45, 2.75) is 39.4 Å². The van der Waals surface area contributed by atoms with Crippen LogP contribution in [0.2, 0.25) is 0 Å². The van der Waals surface area contributed by atoms with Crippen molar-refractivity contribution in [1.29, 1.82) is 0 Å². The van der Waals surface area contributed by atoms with Crippen molar-refractivity contribution in [2.75, 3.05) is 11.9 Å². The molecule has 7 nitrogen and oxygen atoms in total. The predicted octanol–water partition coefficient (Wildman–Crippen LogP) is 2.60. The largest absolute Gasteiger partial charge is 0.357 e. The van der Waals surface area contributed by atoms with E-state index < -0.39 is 0 Å². The van der Waals surface area contributed by atoms with Crippen LogP contribution in [0, 0.1) is 5.92 Å². The SMILES string of the molecule is CCNC(=NCc1cccc(NC(=O)Cn2cccn2)c1)NC1CC1C.I. The Hall–Kier alpha value is -2.10. The molecule has 1 aliphatic carbocycles. The van der Waals surface area contributed by atoms with Crippen LogP contribution in [0.4, 0.5) is 5.69 Å². The van der Waals surface area contributed by atoms with Crippen molar-refractivity contribution >= 4 is 41.5 Å². The van der Waals surface area contributed by atoms with E-state index in [0.29, 0.717) is 18.5 Å². The molecule has 146 valence electrons. The summed E-state index contributed by atoms with van der Waals surface area (Å²) in [5.74, 6) is 1.45. The minimum atomic E-state index is -0.105. The summed E-state index contributed by atoms with van der Waals surface area (Å²) in [4.78, 5) is 16.7. The Labute approximate surface area is 177 Å². The Morgan fingerprint density at radius 3 is 2.85 bits per heavy atom. The third-order valence-electron chi connectivity index (χ3n) is 4.27. The van der Waals surface area contributed by atoms with E-state index in [1.54, 1.807) is 23.1 Å². The maximum Gasteiger partial charge on any atom is 0.246 e. The average Bonchev–Trinajstić information content (AvgIpc) is 3.07. The monoisotopic (exact) mass is 482 g/mol. The van der Waals surface area contributed by atoms with Gasteiger partial charge in [-0.1, -0.05) is 19.1 Å². The average molecular weight is 482 g/mol. The molecule has 8 heteroatoms. The molecule has 2 aromatic rings. The van der Waals surface area contributed by atoms with Gasteiger partial charge in [-0.2, -0.15) is 5.10 Å². The van der Waals surface area contributed by atoms with Gasteiger partial charge in [-0.25, -0.2) is 4.99 Å². The molecule has 2 atom stereocenters. The number of halogens is 1. The molecule has 1 aromatic heterocycles. The van der Waals surface area contributed by atoms with Crippen LogP contribution < -0.4 is 16.0 Å². The van der Waals surface area contributed by atoms with Gasteiger partial charge in [0.2, 0.25) is 5.91 Å². The fourth-order valence-electron chi connectivity index (χ4n) is 2.68. The lowest BCUT2D eigenvalue weighted by Crippen LogP contribution is -2.39. The Kier molecular flexibility index (Phi) is 8.08. The van der Waals surface area contributed by atoms with Gasteiger partial charge in [0, 0.05) is 30.7 Å². The molecule has 1 saturated carbocycles. The van der Waals surface area contributed by atoms with Gasteiger partial charge in [-0.05, 0) is 43.0 Å². The Morgan fingerprint density at radius 1 is 1.37 bits per heavy atom. The standard InChI is InChI=1S/C19H26N6O.HI/c1-3-20-19(24-17-10-14(17)2)21-12-15-6-4-7-16(11-15)23-18(26)13-25-9-5-8-22-25;/h4-9,11,14,17H,3,10,12-13H2,1-2H3,(H,23,26)(H2,20,21,24);1H. The minimum Gasteiger partial charge on any atom is -0.357 e.